The van der Waals surface area contributed by atoms with Gasteiger partial charge in [0.05, 0.1) is 12.1 Å². The van der Waals surface area contributed by atoms with E-state index in [-0.39, 0.29) is 0 Å². The largest absolute Gasteiger partial charge is 0.496 e. The van der Waals surface area contributed by atoms with E-state index in [0.717, 1.165) is 10.8 Å². The number of halogens is 1. The Morgan fingerprint density at radius 3 is 2.79 bits per heavy atom. The Morgan fingerprint density at radius 1 is 1.29 bits per heavy atom. The molecule has 0 aliphatic rings. The second kappa shape index (κ2) is 3.39. The number of nitrogens with two attached hydrogens (primary N) is 1. The highest BCUT2D eigenvalue weighted by atomic mass is 35.5. The number of benzene rings is 2. The minimum atomic E-state index is 0.677. The molecular weight excluding hydrogens is 198 g/mol. The molecule has 0 bridgehead atoms. The third-order valence-electron chi connectivity index (χ3n) is 2.13. The number of methoxy groups -OCH3 is 1. The number of nitrogen functional groups attached to an aromatic ring is 1. The topological polar surface area (TPSA) is 35.2 Å². The highest BCUT2D eigenvalue weighted by molar-refractivity contribution is 6.36. The lowest BCUT2D eigenvalue weighted by Gasteiger charge is -2.08. The van der Waals surface area contributed by atoms with Crippen molar-refractivity contribution in [1.29, 1.82) is 0 Å². The zero-order chi connectivity index (χ0) is 10.1. The summed E-state index contributed by atoms with van der Waals surface area (Å²) in [7, 11) is 1.61. The fourth-order valence-electron chi connectivity index (χ4n) is 1.53. The van der Waals surface area contributed by atoms with Crippen LogP contribution in [-0.2, 0) is 0 Å². The maximum Gasteiger partial charge on any atom is 0.130 e. The second-order valence-electron chi connectivity index (χ2n) is 3.06. The van der Waals surface area contributed by atoms with Crippen LogP contribution in [0.3, 0.4) is 0 Å². The van der Waals surface area contributed by atoms with Gasteiger partial charge < -0.3 is 10.5 Å². The zero-order valence-electron chi connectivity index (χ0n) is 7.75. The van der Waals surface area contributed by atoms with Crippen molar-refractivity contribution < 1.29 is 4.74 Å². The molecule has 0 fully saturated rings. The zero-order valence-corrected chi connectivity index (χ0v) is 8.51. The molecular formula is C11H10ClNO. The van der Waals surface area contributed by atoms with Crippen molar-refractivity contribution >= 4 is 28.1 Å². The van der Waals surface area contributed by atoms with Gasteiger partial charge in [-0.2, -0.15) is 0 Å². The van der Waals surface area contributed by atoms with Gasteiger partial charge in [-0.1, -0.05) is 23.7 Å². The van der Waals surface area contributed by atoms with E-state index in [0.29, 0.717) is 16.5 Å². The van der Waals surface area contributed by atoms with Gasteiger partial charge in [0.2, 0.25) is 0 Å². The lowest BCUT2D eigenvalue weighted by Crippen LogP contribution is -1.90. The molecule has 0 radical (unpaired) electrons. The van der Waals surface area contributed by atoms with Crippen molar-refractivity contribution in [3.05, 3.63) is 35.4 Å². The quantitative estimate of drug-likeness (QED) is 0.730. The van der Waals surface area contributed by atoms with Crippen molar-refractivity contribution in [1.82, 2.24) is 0 Å². The number of hydrogen-bond donors (Lipinski definition) is 1. The molecule has 2 aromatic carbocycles. The summed E-state index contributed by atoms with van der Waals surface area (Å²) < 4.78 is 5.22. The lowest BCUT2D eigenvalue weighted by atomic mass is 10.1. The number of fused-ring (bicyclic) bond motifs is 1. The minimum absolute atomic E-state index is 0.677. The number of ether oxygens (including phenoxy) is 1. The van der Waals surface area contributed by atoms with Crippen molar-refractivity contribution in [3.63, 3.8) is 0 Å². The SMILES string of the molecule is COc1cc(N)cc2cccc(Cl)c12. The van der Waals surface area contributed by atoms with Crippen LogP contribution in [0.15, 0.2) is 30.3 Å². The number of anilines is 1. The van der Waals surface area contributed by atoms with Gasteiger partial charge in [-0.3, -0.25) is 0 Å². The molecule has 0 unspecified atom stereocenters. The van der Waals surface area contributed by atoms with Crippen molar-refractivity contribution in [2.45, 2.75) is 0 Å². The van der Waals surface area contributed by atoms with E-state index in [1.807, 2.05) is 24.3 Å². The molecule has 72 valence electrons. The van der Waals surface area contributed by atoms with Crippen LogP contribution in [-0.4, -0.2) is 7.11 Å². The summed E-state index contributed by atoms with van der Waals surface area (Å²) in [6.07, 6.45) is 0. The Morgan fingerprint density at radius 2 is 2.07 bits per heavy atom. The molecule has 2 aromatic rings. The molecule has 0 aliphatic carbocycles. The molecule has 0 aliphatic heterocycles. The summed E-state index contributed by atoms with van der Waals surface area (Å²) in [4.78, 5) is 0. The third kappa shape index (κ3) is 1.38. The molecule has 0 saturated carbocycles. The van der Waals surface area contributed by atoms with Gasteiger partial charge in [-0.05, 0) is 17.5 Å². The second-order valence-corrected chi connectivity index (χ2v) is 3.47. The predicted octanol–water partition coefficient (Wildman–Crippen LogP) is 3.08. The first kappa shape index (κ1) is 9.16. The van der Waals surface area contributed by atoms with Gasteiger partial charge in [0.15, 0.2) is 0 Å². The molecule has 0 atom stereocenters. The molecule has 3 heteroatoms. The van der Waals surface area contributed by atoms with Crippen LogP contribution in [0.25, 0.3) is 10.8 Å². The molecule has 14 heavy (non-hydrogen) atoms. The monoisotopic (exact) mass is 207 g/mol. The first-order chi connectivity index (χ1) is 6.72. The van der Waals surface area contributed by atoms with Crippen LogP contribution >= 0.6 is 11.6 Å². The average molecular weight is 208 g/mol. The van der Waals surface area contributed by atoms with Crippen LogP contribution in [0.4, 0.5) is 5.69 Å². The first-order valence-corrected chi connectivity index (χ1v) is 4.62. The molecule has 2 N–H and O–H groups in total. The molecule has 2 nitrogen and oxygen atoms in total. The van der Waals surface area contributed by atoms with Gasteiger partial charge in [0.1, 0.15) is 5.75 Å². The summed E-state index contributed by atoms with van der Waals surface area (Å²) in [6, 6.07) is 9.34. The molecule has 0 aromatic heterocycles. The van der Waals surface area contributed by atoms with E-state index < -0.39 is 0 Å². The summed E-state index contributed by atoms with van der Waals surface area (Å²) in [6.45, 7) is 0. The molecule has 0 spiro atoms. The van der Waals surface area contributed by atoms with Crippen molar-refractivity contribution in [2.24, 2.45) is 0 Å². The number of rotatable bonds is 1. The normalized spacial score (nSPS) is 10.4. The standard InChI is InChI=1S/C11H10ClNO/c1-14-10-6-8(13)5-7-3-2-4-9(12)11(7)10/h2-6H,13H2,1H3. The average Bonchev–Trinajstić information content (AvgIpc) is 2.16. The van der Waals surface area contributed by atoms with E-state index in [1.165, 1.54) is 0 Å². The van der Waals surface area contributed by atoms with Crippen LogP contribution in [0.1, 0.15) is 0 Å². The first-order valence-electron chi connectivity index (χ1n) is 4.24. The van der Waals surface area contributed by atoms with E-state index in [9.17, 15) is 0 Å². The molecule has 2 rings (SSSR count). The fraction of sp³-hybridized carbons (Fsp3) is 0.0909. The van der Waals surface area contributed by atoms with E-state index in [4.69, 9.17) is 22.1 Å². The predicted molar refractivity (Wildman–Crippen MR) is 59.9 cm³/mol. The smallest absolute Gasteiger partial charge is 0.130 e. The summed E-state index contributed by atoms with van der Waals surface area (Å²) in [5.41, 5.74) is 6.40. The van der Waals surface area contributed by atoms with E-state index in [2.05, 4.69) is 0 Å². The van der Waals surface area contributed by atoms with Crippen LogP contribution < -0.4 is 10.5 Å². The molecule has 0 heterocycles. The molecule has 0 amide bonds. The Kier molecular flexibility index (Phi) is 2.22. The van der Waals surface area contributed by atoms with Crippen LogP contribution in [0, 0.1) is 0 Å². The Balaban J connectivity index is 2.88. The Hall–Kier alpha value is -1.41. The summed E-state index contributed by atoms with van der Waals surface area (Å²) in [5, 5.41) is 2.58. The Bertz CT molecular complexity index is 482. The lowest BCUT2D eigenvalue weighted by molar-refractivity contribution is 0.420. The Labute approximate surface area is 87.2 Å². The third-order valence-corrected chi connectivity index (χ3v) is 2.45. The molecule has 0 saturated heterocycles. The number of hydrogen-bond acceptors (Lipinski definition) is 2. The van der Waals surface area contributed by atoms with Gasteiger partial charge in [-0.25, -0.2) is 0 Å². The fourth-order valence-corrected chi connectivity index (χ4v) is 1.80. The highest BCUT2D eigenvalue weighted by Gasteiger charge is 2.06. The van der Waals surface area contributed by atoms with Gasteiger partial charge in [0.25, 0.3) is 0 Å². The van der Waals surface area contributed by atoms with Gasteiger partial charge in [0, 0.05) is 17.1 Å². The maximum atomic E-state index is 6.07. The van der Waals surface area contributed by atoms with Crippen LogP contribution in [0.5, 0.6) is 5.75 Å². The van der Waals surface area contributed by atoms with E-state index in [1.54, 1.807) is 13.2 Å². The summed E-state index contributed by atoms with van der Waals surface area (Å²) >= 11 is 6.07. The van der Waals surface area contributed by atoms with Crippen molar-refractivity contribution in [2.75, 3.05) is 12.8 Å². The summed E-state index contributed by atoms with van der Waals surface area (Å²) in [5.74, 6) is 0.714. The van der Waals surface area contributed by atoms with Crippen molar-refractivity contribution in [3.8, 4) is 5.75 Å². The van der Waals surface area contributed by atoms with Gasteiger partial charge >= 0.3 is 0 Å². The highest BCUT2D eigenvalue weighted by Crippen LogP contribution is 2.33. The van der Waals surface area contributed by atoms with Crippen LogP contribution in [0.2, 0.25) is 5.02 Å². The maximum absolute atomic E-state index is 6.07. The minimum Gasteiger partial charge on any atom is -0.496 e. The van der Waals surface area contributed by atoms with E-state index >= 15 is 0 Å². The van der Waals surface area contributed by atoms with Gasteiger partial charge in [-0.15, -0.1) is 0 Å².